The molecule has 0 aliphatic rings. The summed E-state index contributed by atoms with van der Waals surface area (Å²) in [5.41, 5.74) is 0.652. The van der Waals surface area contributed by atoms with Crippen LogP contribution in [-0.4, -0.2) is 33.9 Å². The van der Waals surface area contributed by atoms with Crippen LogP contribution in [0, 0.1) is 0 Å². The molecule has 0 spiro atoms. The van der Waals surface area contributed by atoms with Gasteiger partial charge in [-0.25, -0.2) is 9.59 Å². The molecule has 0 aliphatic heterocycles. The normalized spacial score (nSPS) is 11.3. The van der Waals surface area contributed by atoms with E-state index in [0.29, 0.717) is 18.4 Å². The van der Waals surface area contributed by atoms with Gasteiger partial charge in [0.15, 0.2) is 0 Å². The molecular formula is C13H20O5. The van der Waals surface area contributed by atoms with Crippen molar-refractivity contribution in [2.75, 3.05) is 6.61 Å². The molecule has 0 aromatic heterocycles. The van der Waals surface area contributed by atoms with Crippen molar-refractivity contribution in [2.45, 2.75) is 26.7 Å². The highest BCUT2D eigenvalue weighted by atomic mass is 16.4. The predicted octanol–water partition coefficient (Wildman–Crippen LogP) is 1.99. The molecule has 0 atom stereocenters. The SMILES string of the molecule is C=CCC=C(C)C(=O)O.CC(=CCCO)C(=O)O. The van der Waals surface area contributed by atoms with Gasteiger partial charge in [0, 0.05) is 17.8 Å². The summed E-state index contributed by atoms with van der Waals surface area (Å²) in [4.78, 5) is 20.2. The Morgan fingerprint density at radius 1 is 1.06 bits per heavy atom. The van der Waals surface area contributed by atoms with Gasteiger partial charge in [-0.3, -0.25) is 0 Å². The Hall–Kier alpha value is -1.88. The van der Waals surface area contributed by atoms with Crippen LogP contribution in [0.5, 0.6) is 0 Å². The van der Waals surface area contributed by atoms with Crippen LogP contribution < -0.4 is 0 Å². The zero-order valence-corrected chi connectivity index (χ0v) is 10.7. The van der Waals surface area contributed by atoms with E-state index in [1.165, 1.54) is 13.0 Å². The third-order valence-electron chi connectivity index (χ3n) is 1.85. The first-order valence-electron chi connectivity index (χ1n) is 5.38. The van der Waals surface area contributed by atoms with E-state index in [9.17, 15) is 9.59 Å². The van der Waals surface area contributed by atoms with Gasteiger partial charge in [-0.05, 0) is 26.7 Å². The van der Waals surface area contributed by atoms with Crippen LogP contribution in [0.15, 0.2) is 36.0 Å². The molecule has 0 fully saturated rings. The van der Waals surface area contributed by atoms with E-state index >= 15 is 0 Å². The number of aliphatic carboxylic acids is 2. The number of aliphatic hydroxyl groups excluding tert-OH is 1. The molecular weight excluding hydrogens is 236 g/mol. The molecule has 102 valence electrons. The molecule has 0 aromatic rings. The molecule has 0 saturated heterocycles. The number of hydrogen-bond donors (Lipinski definition) is 3. The molecule has 0 saturated carbocycles. The van der Waals surface area contributed by atoms with Crippen LogP contribution >= 0.6 is 0 Å². The monoisotopic (exact) mass is 256 g/mol. The van der Waals surface area contributed by atoms with Gasteiger partial charge in [0.2, 0.25) is 0 Å². The average molecular weight is 256 g/mol. The molecule has 0 radical (unpaired) electrons. The summed E-state index contributed by atoms with van der Waals surface area (Å²) < 4.78 is 0. The van der Waals surface area contributed by atoms with Gasteiger partial charge in [0.25, 0.3) is 0 Å². The van der Waals surface area contributed by atoms with Gasteiger partial charge in [-0.15, -0.1) is 6.58 Å². The van der Waals surface area contributed by atoms with E-state index < -0.39 is 11.9 Å². The molecule has 0 heterocycles. The molecule has 0 aliphatic carbocycles. The zero-order valence-electron chi connectivity index (χ0n) is 10.7. The maximum absolute atomic E-state index is 10.1. The fraction of sp³-hybridized carbons (Fsp3) is 0.385. The second kappa shape index (κ2) is 11.6. The second-order valence-electron chi connectivity index (χ2n) is 3.42. The van der Waals surface area contributed by atoms with Crippen LogP contribution in [-0.2, 0) is 9.59 Å². The van der Waals surface area contributed by atoms with Gasteiger partial charge >= 0.3 is 11.9 Å². The average Bonchev–Trinajstić information content (AvgIpc) is 2.33. The van der Waals surface area contributed by atoms with E-state index in [1.54, 1.807) is 19.1 Å². The van der Waals surface area contributed by atoms with E-state index in [2.05, 4.69) is 6.58 Å². The van der Waals surface area contributed by atoms with Gasteiger partial charge in [0.1, 0.15) is 0 Å². The van der Waals surface area contributed by atoms with Crippen molar-refractivity contribution in [3.63, 3.8) is 0 Å². The van der Waals surface area contributed by atoms with Crippen LogP contribution in [0.3, 0.4) is 0 Å². The maximum Gasteiger partial charge on any atom is 0.330 e. The van der Waals surface area contributed by atoms with Crippen molar-refractivity contribution < 1.29 is 24.9 Å². The largest absolute Gasteiger partial charge is 0.478 e. The van der Waals surface area contributed by atoms with Crippen molar-refractivity contribution in [1.82, 2.24) is 0 Å². The number of hydrogen-bond acceptors (Lipinski definition) is 3. The smallest absolute Gasteiger partial charge is 0.330 e. The summed E-state index contributed by atoms with van der Waals surface area (Å²) in [6.07, 6.45) is 5.81. The fourth-order valence-corrected chi connectivity index (χ4v) is 0.716. The Bertz CT molecular complexity index is 339. The summed E-state index contributed by atoms with van der Waals surface area (Å²) in [6.45, 7) is 6.52. The zero-order chi connectivity index (χ0) is 14.6. The summed E-state index contributed by atoms with van der Waals surface area (Å²) >= 11 is 0. The third-order valence-corrected chi connectivity index (χ3v) is 1.85. The molecule has 5 heteroatoms. The maximum atomic E-state index is 10.1. The Morgan fingerprint density at radius 3 is 1.83 bits per heavy atom. The van der Waals surface area contributed by atoms with Gasteiger partial charge in [0.05, 0.1) is 0 Å². The number of carboxylic acid groups (broad SMARTS) is 2. The van der Waals surface area contributed by atoms with Crippen LogP contribution in [0.1, 0.15) is 26.7 Å². The molecule has 3 N–H and O–H groups in total. The van der Waals surface area contributed by atoms with Crippen LogP contribution in [0.4, 0.5) is 0 Å². The number of rotatable bonds is 6. The predicted molar refractivity (Wildman–Crippen MR) is 69.3 cm³/mol. The summed E-state index contributed by atoms with van der Waals surface area (Å²) in [5, 5.41) is 24.8. The topological polar surface area (TPSA) is 94.8 Å². The molecule has 0 aromatic carbocycles. The lowest BCUT2D eigenvalue weighted by Crippen LogP contribution is -1.95. The first-order chi connectivity index (χ1) is 8.36. The number of carboxylic acids is 2. The fourth-order valence-electron chi connectivity index (χ4n) is 0.716. The minimum atomic E-state index is -0.927. The van der Waals surface area contributed by atoms with Crippen LogP contribution in [0.25, 0.3) is 0 Å². The molecule has 18 heavy (non-hydrogen) atoms. The molecule has 0 unspecified atom stereocenters. The second-order valence-corrected chi connectivity index (χ2v) is 3.42. The first kappa shape index (κ1) is 18.5. The highest BCUT2D eigenvalue weighted by Crippen LogP contribution is 1.94. The van der Waals surface area contributed by atoms with E-state index in [1.807, 2.05) is 0 Å². The van der Waals surface area contributed by atoms with E-state index in [4.69, 9.17) is 15.3 Å². The standard InChI is InChI=1S/C7H10O2.C6H10O3/c1-3-4-5-6(2)7(8)9;1-5(6(8)9)3-2-4-7/h3,5H,1,4H2,2H3,(H,8,9);3,7H,2,4H2,1H3,(H,8,9). The molecule has 0 rings (SSSR count). The Morgan fingerprint density at radius 2 is 1.50 bits per heavy atom. The lowest BCUT2D eigenvalue weighted by atomic mass is 10.2. The molecule has 0 bridgehead atoms. The van der Waals surface area contributed by atoms with Crippen molar-refractivity contribution in [3.8, 4) is 0 Å². The van der Waals surface area contributed by atoms with Crippen molar-refractivity contribution in [2.24, 2.45) is 0 Å². The Balaban J connectivity index is 0. The first-order valence-corrected chi connectivity index (χ1v) is 5.38. The third kappa shape index (κ3) is 12.2. The highest BCUT2D eigenvalue weighted by Gasteiger charge is 1.96. The highest BCUT2D eigenvalue weighted by molar-refractivity contribution is 5.86. The molecule has 5 nitrogen and oxygen atoms in total. The number of carbonyl (C=O) groups is 2. The minimum absolute atomic E-state index is 0.00458. The van der Waals surface area contributed by atoms with Gasteiger partial charge in [-0.2, -0.15) is 0 Å². The Kier molecular flexibility index (Phi) is 11.9. The van der Waals surface area contributed by atoms with Crippen molar-refractivity contribution >= 4 is 11.9 Å². The van der Waals surface area contributed by atoms with Crippen molar-refractivity contribution in [3.05, 3.63) is 36.0 Å². The van der Waals surface area contributed by atoms with Crippen LogP contribution in [0.2, 0.25) is 0 Å². The summed E-state index contributed by atoms with van der Waals surface area (Å²) in [7, 11) is 0. The van der Waals surface area contributed by atoms with E-state index in [0.717, 1.165) is 0 Å². The van der Waals surface area contributed by atoms with Gasteiger partial charge in [-0.1, -0.05) is 18.2 Å². The lowest BCUT2D eigenvalue weighted by Gasteiger charge is -1.89. The molecule has 0 amide bonds. The van der Waals surface area contributed by atoms with E-state index in [-0.39, 0.29) is 12.2 Å². The lowest BCUT2D eigenvalue weighted by molar-refractivity contribution is -0.133. The number of aliphatic hydroxyl groups is 1. The van der Waals surface area contributed by atoms with Gasteiger partial charge < -0.3 is 15.3 Å². The van der Waals surface area contributed by atoms with Crippen molar-refractivity contribution in [1.29, 1.82) is 0 Å². The Labute approximate surface area is 107 Å². The number of allylic oxidation sites excluding steroid dienone is 2. The minimum Gasteiger partial charge on any atom is -0.478 e. The summed E-state index contributed by atoms with van der Waals surface area (Å²) in [6, 6.07) is 0. The quantitative estimate of drug-likeness (QED) is 0.499. The summed E-state index contributed by atoms with van der Waals surface area (Å²) in [5.74, 6) is -1.79.